The summed E-state index contributed by atoms with van der Waals surface area (Å²) >= 11 is 0. The summed E-state index contributed by atoms with van der Waals surface area (Å²) in [7, 11) is -4.04. The molecular formula is C21H26ClN3O5S. The SMILES string of the molecule is Cl.O=C(NO)C1(S(=O)(=O)c2ccc(-c3cnc(C4CCCC4)cn3)cc2)CCOCC1. The molecule has 1 saturated carbocycles. The van der Waals surface area contributed by atoms with Crippen molar-refractivity contribution in [2.75, 3.05) is 13.2 Å². The van der Waals surface area contributed by atoms with E-state index in [2.05, 4.69) is 9.97 Å². The molecule has 1 aliphatic heterocycles. The van der Waals surface area contributed by atoms with Crippen molar-refractivity contribution >= 4 is 28.2 Å². The van der Waals surface area contributed by atoms with Gasteiger partial charge in [0.25, 0.3) is 5.91 Å². The molecular weight excluding hydrogens is 442 g/mol. The lowest BCUT2D eigenvalue weighted by atomic mass is 9.98. The Morgan fingerprint density at radius 3 is 2.26 bits per heavy atom. The van der Waals surface area contributed by atoms with E-state index < -0.39 is 20.5 Å². The van der Waals surface area contributed by atoms with Crippen LogP contribution in [0.15, 0.2) is 41.6 Å². The maximum absolute atomic E-state index is 13.3. The molecule has 1 aromatic carbocycles. The third-order valence-corrected chi connectivity index (χ3v) is 8.75. The number of hydrogen-bond acceptors (Lipinski definition) is 7. The van der Waals surface area contributed by atoms with E-state index in [1.807, 2.05) is 0 Å². The van der Waals surface area contributed by atoms with Gasteiger partial charge in [-0.2, -0.15) is 0 Å². The summed E-state index contributed by atoms with van der Waals surface area (Å²) in [5.74, 6) is -0.448. The number of rotatable bonds is 5. The molecule has 0 unspecified atom stereocenters. The van der Waals surface area contributed by atoms with Crippen molar-refractivity contribution in [3.05, 3.63) is 42.4 Å². The predicted octanol–water partition coefficient (Wildman–Crippen LogP) is 3.05. The highest BCUT2D eigenvalue weighted by molar-refractivity contribution is 7.93. The number of sulfone groups is 1. The number of amides is 1. The Morgan fingerprint density at radius 2 is 1.71 bits per heavy atom. The van der Waals surface area contributed by atoms with Crippen LogP contribution in [0.4, 0.5) is 0 Å². The molecule has 2 fully saturated rings. The van der Waals surface area contributed by atoms with Gasteiger partial charge in [-0.1, -0.05) is 25.0 Å². The molecule has 0 atom stereocenters. The van der Waals surface area contributed by atoms with Gasteiger partial charge < -0.3 is 4.74 Å². The van der Waals surface area contributed by atoms with Crippen molar-refractivity contribution in [1.29, 1.82) is 0 Å². The molecule has 2 aliphatic rings. The predicted molar refractivity (Wildman–Crippen MR) is 116 cm³/mol. The quantitative estimate of drug-likeness (QED) is 0.512. The average Bonchev–Trinajstić information content (AvgIpc) is 3.34. The molecule has 1 aliphatic carbocycles. The number of benzene rings is 1. The summed E-state index contributed by atoms with van der Waals surface area (Å²) < 4.78 is 30.1. The van der Waals surface area contributed by atoms with Crippen molar-refractivity contribution in [3.8, 4) is 11.3 Å². The van der Waals surface area contributed by atoms with E-state index in [1.165, 1.54) is 30.5 Å². The normalized spacial score (nSPS) is 18.9. The van der Waals surface area contributed by atoms with Gasteiger partial charge in [0.15, 0.2) is 14.6 Å². The number of nitrogens with zero attached hydrogens (tertiary/aromatic N) is 2. The fraction of sp³-hybridized carbons (Fsp3) is 0.476. The van der Waals surface area contributed by atoms with Crippen LogP contribution >= 0.6 is 12.4 Å². The Morgan fingerprint density at radius 1 is 1.06 bits per heavy atom. The lowest BCUT2D eigenvalue weighted by Crippen LogP contribution is -2.54. The van der Waals surface area contributed by atoms with Gasteiger partial charge in [0, 0.05) is 30.9 Å². The molecule has 1 aromatic heterocycles. The number of aromatic nitrogens is 2. The van der Waals surface area contributed by atoms with Crippen LogP contribution < -0.4 is 5.48 Å². The van der Waals surface area contributed by atoms with E-state index in [4.69, 9.17) is 9.94 Å². The van der Waals surface area contributed by atoms with Crippen LogP contribution in [0.5, 0.6) is 0 Å². The number of hydroxylamine groups is 1. The number of halogens is 1. The minimum Gasteiger partial charge on any atom is -0.381 e. The number of carbonyl (C=O) groups is 1. The lowest BCUT2D eigenvalue weighted by molar-refractivity contribution is -0.134. The summed E-state index contributed by atoms with van der Waals surface area (Å²) in [5.41, 5.74) is 3.94. The van der Waals surface area contributed by atoms with Crippen LogP contribution in [-0.4, -0.2) is 47.5 Å². The fourth-order valence-electron chi connectivity index (χ4n) is 4.37. The number of hydrogen-bond donors (Lipinski definition) is 2. The van der Waals surface area contributed by atoms with Gasteiger partial charge in [-0.15, -0.1) is 12.4 Å². The van der Waals surface area contributed by atoms with Crippen molar-refractivity contribution in [2.24, 2.45) is 0 Å². The van der Waals surface area contributed by atoms with E-state index in [1.54, 1.807) is 24.5 Å². The van der Waals surface area contributed by atoms with Gasteiger partial charge >= 0.3 is 0 Å². The van der Waals surface area contributed by atoms with Crippen LogP contribution in [0.25, 0.3) is 11.3 Å². The highest BCUT2D eigenvalue weighted by Crippen LogP contribution is 2.36. The molecule has 8 nitrogen and oxygen atoms in total. The Kier molecular flexibility index (Phi) is 7.31. The van der Waals surface area contributed by atoms with Gasteiger partial charge in [-0.05, 0) is 37.8 Å². The molecule has 10 heteroatoms. The summed E-state index contributed by atoms with van der Waals surface area (Å²) in [6.45, 7) is 0.265. The molecule has 168 valence electrons. The Balaban J connectivity index is 0.00000272. The second kappa shape index (κ2) is 9.60. The molecule has 1 saturated heterocycles. The van der Waals surface area contributed by atoms with Crippen LogP contribution in [0, 0.1) is 0 Å². The standard InChI is InChI=1S/C21H25N3O5S.ClH/c25-20(24-26)21(9-11-29-12-10-21)30(27,28)17-7-5-16(6-8-17)19-14-22-18(13-23-19)15-3-1-2-4-15;/h5-8,13-15,26H,1-4,9-12H2,(H,24,25);1H. The zero-order valence-electron chi connectivity index (χ0n) is 17.0. The number of ether oxygens (including phenoxy) is 1. The highest BCUT2D eigenvalue weighted by Gasteiger charge is 2.52. The van der Waals surface area contributed by atoms with Crippen molar-refractivity contribution in [2.45, 2.75) is 54.1 Å². The Hall–Kier alpha value is -2.07. The zero-order chi connectivity index (χ0) is 21.2. The third-order valence-electron chi connectivity index (χ3n) is 6.24. The Labute approximate surface area is 187 Å². The van der Waals surface area contributed by atoms with Crippen molar-refractivity contribution < 1.29 is 23.2 Å². The van der Waals surface area contributed by atoms with Crippen LogP contribution in [-0.2, 0) is 19.4 Å². The fourth-order valence-corrected chi connectivity index (χ4v) is 6.31. The molecule has 0 radical (unpaired) electrons. The first-order chi connectivity index (χ1) is 14.5. The largest absolute Gasteiger partial charge is 0.381 e. The van der Waals surface area contributed by atoms with Crippen LogP contribution in [0.3, 0.4) is 0 Å². The van der Waals surface area contributed by atoms with Gasteiger partial charge in [-0.3, -0.25) is 20.0 Å². The summed E-state index contributed by atoms with van der Waals surface area (Å²) in [4.78, 5) is 21.4. The van der Waals surface area contributed by atoms with Crippen molar-refractivity contribution in [3.63, 3.8) is 0 Å². The van der Waals surface area contributed by atoms with E-state index in [0.717, 1.165) is 24.1 Å². The first-order valence-corrected chi connectivity index (χ1v) is 11.7. The van der Waals surface area contributed by atoms with Gasteiger partial charge in [0.1, 0.15) is 0 Å². The first-order valence-electron chi connectivity index (χ1n) is 10.2. The van der Waals surface area contributed by atoms with Gasteiger partial charge in [0.05, 0.1) is 22.5 Å². The van der Waals surface area contributed by atoms with E-state index in [-0.39, 0.29) is 43.4 Å². The van der Waals surface area contributed by atoms with Crippen LogP contribution in [0.2, 0.25) is 0 Å². The summed E-state index contributed by atoms with van der Waals surface area (Å²) in [6, 6.07) is 6.27. The summed E-state index contributed by atoms with van der Waals surface area (Å²) in [6.07, 6.45) is 8.24. The smallest absolute Gasteiger partial charge is 0.265 e. The minimum atomic E-state index is -4.04. The second-order valence-corrected chi connectivity index (χ2v) is 10.1. The molecule has 2 heterocycles. The maximum atomic E-state index is 13.3. The molecule has 31 heavy (non-hydrogen) atoms. The molecule has 1 amide bonds. The number of carbonyl (C=O) groups excluding carboxylic acids is 1. The van der Waals surface area contributed by atoms with Crippen molar-refractivity contribution in [1.82, 2.24) is 15.4 Å². The van der Waals surface area contributed by atoms with E-state index >= 15 is 0 Å². The summed E-state index contributed by atoms with van der Waals surface area (Å²) in [5, 5.41) is 9.14. The van der Waals surface area contributed by atoms with E-state index in [0.29, 0.717) is 11.6 Å². The number of nitrogens with one attached hydrogen (secondary N) is 1. The molecule has 0 bridgehead atoms. The molecule has 2 N–H and O–H groups in total. The topological polar surface area (TPSA) is 118 Å². The second-order valence-electron chi connectivity index (χ2n) is 7.88. The monoisotopic (exact) mass is 467 g/mol. The first kappa shape index (κ1) is 23.6. The molecule has 4 rings (SSSR count). The zero-order valence-corrected chi connectivity index (χ0v) is 18.6. The lowest BCUT2D eigenvalue weighted by Gasteiger charge is -2.34. The molecule has 2 aromatic rings. The minimum absolute atomic E-state index is 0. The Bertz CT molecular complexity index is 1000. The van der Waals surface area contributed by atoms with Gasteiger partial charge in [0.2, 0.25) is 0 Å². The van der Waals surface area contributed by atoms with Crippen LogP contribution in [0.1, 0.15) is 50.1 Å². The average molecular weight is 468 g/mol. The highest BCUT2D eigenvalue weighted by atomic mass is 35.5. The van der Waals surface area contributed by atoms with E-state index in [9.17, 15) is 13.2 Å². The van der Waals surface area contributed by atoms with Gasteiger partial charge in [-0.25, -0.2) is 13.9 Å². The maximum Gasteiger partial charge on any atom is 0.265 e. The molecule has 0 spiro atoms. The third kappa shape index (κ3) is 4.32.